The van der Waals surface area contributed by atoms with Crippen molar-refractivity contribution in [1.82, 2.24) is 5.32 Å². The first-order chi connectivity index (χ1) is 14.7. The summed E-state index contributed by atoms with van der Waals surface area (Å²) in [5.74, 6) is -1.63. The summed E-state index contributed by atoms with van der Waals surface area (Å²) in [6.07, 6.45) is 2.78. The van der Waals surface area contributed by atoms with Gasteiger partial charge in [0.15, 0.2) is 6.61 Å². The molecular weight excluding hydrogens is 414 g/mol. The monoisotopic (exact) mass is 439 g/mol. The molecule has 2 N–H and O–H groups in total. The quantitative estimate of drug-likeness (QED) is 0.671. The number of aryl methyl sites for hydroxylation is 1. The van der Waals surface area contributed by atoms with Gasteiger partial charge in [0.05, 0.1) is 5.56 Å². The van der Waals surface area contributed by atoms with Crippen LogP contribution in [0.5, 0.6) is 0 Å². The molecule has 0 saturated heterocycles. The topological polar surface area (TPSA) is 108 Å². The van der Waals surface area contributed by atoms with E-state index in [-0.39, 0.29) is 12.0 Å². The molecule has 0 unspecified atom stereocenters. The van der Waals surface area contributed by atoms with Gasteiger partial charge in [0.1, 0.15) is 17.6 Å². The molecule has 1 aliphatic rings. The first kappa shape index (κ1) is 22.5. The lowest BCUT2D eigenvalue weighted by molar-refractivity contribution is -0.146. The fourth-order valence-corrected chi connectivity index (χ4v) is 4.60. The van der Waals surface area contributed by atoms with Gasteiger partial charge in [-0.2, -0.15) is 5.26 Å². The molecule has 3 rings (SSSR count). The van der Waals surface area contributed by atoms with E-state index in [9.17, 15) is 19.6 Å². The van der Waals surface area contributed by atoms with Gasteiger partial charge < -0.3 is 15.4 Å². The average Bonchev–Trinajstić information content (AvgIpc) is 3.30. The highest BCUT2D eigenvalue weighted by molar-refractivity contribution is 7.16. The molecule has 31 heavy (non-hydrogen) atoms. The van der Waals surface area contributed by atoms with Gasteiger partial charge in [-0.15, -0.1) is 11.3 Å². The largest absolute Gasteiger partial charge is 0.454 e. The van der Waals surface area contributed by atoms with Gasteiger partial charge in [-0.05, 0) is 47.9 Å². The number of benzene rings is 1. The van der Waals surface area contributed by atoms with Gasteiger partial charge in [-0.25, -0.2) is 0 Å². The van der Waals surface area contributed by atoms with Crippen LogP contribution in [0, 0.1) is 11.3 Å². The van der Waals surface area contributed by atoms with Gasteiger partial charge in [0.2, 0.25) is 0 Å². The molecule has 0 fully saturated rings. The summed E-state index contributed by atoms with van der Waals surface area (Å²) >= 11 is 1.40. The first-order valence-corrected chi connectivity index (χ1v) is 10.9. The number of ether oxygens (including phenoxy) is 1. The predicted molar refractivity (Wildman–Crippen MR) is 118 cm³/mol. The number of amides is 2. The molecule has 0 bridgehead atoms. The molecule has 0 atom stereocenters. The predicted octanol–water partition coefficient (Wildman–Crippen LogP) is 3.32. The van der Waals surface area contributed by atoms with Crippen molar-refractivity contribution in [2.45, 2.75) is 45.4 Å². The van der Waals surface area contributed by atoms with Crippen molar-refractivity contribution in [1.29, 1.82) is 5.26 Å². The van der Waals surface area contributed by atoms with Crippen molar-refractivity contribution in [3.63, 3.8) is 0 Å². The summed E-state index contributed by atoms with van der Waals surface area (Å²) in [6.45, 7) is 5.42. The highest BCUT2D eigenvalue weighted by atomic mass is 32.1. The second kappa shape index (κ2) is 9.31. The van der Waals surface area contributed by atoms with Gasteiger partial charge in [-0.3, -0.25) is 14.4 Å². The molecule has 0 radical (unpaired) electrons. The first-order valence-electron chi connectivity index (χ1n) is 10.1. The summed E-state index contributed by atoms with van der Waals surface area (Å²) in [7, 11) is 0. The van der Waals surface area contributed by atoms with Crippen LogP contribution in [-0.4, -0.2) is 30.9 Å². The van der Waals surface area contributed by atoms with Crippen LogP contribution in [0.15, 0.2) is 24.3 Å². The second-order valence-corrected chi connectivity index (χ2v) is 9.50. The van der Waals surface area contributed by atoms with Crippen molar-refractivity contribution in [3.05, 3.63) is 51.4 Å². The van der Waals surface area contributed by atoms with Crippen LogP contribution in [-0.2, 0) is 32.6 Å². The van der Waals surface area contributed by atoms with E-state index in [1.807, 2.05) is 12.1 Å². The van der Waals surface area contributed by atoms with Crippen LogP contribution in [0.4, 0.5) is 5.00 Å². The summed E-state index contributed by atoms with van der Waals surface area (Å²) in [4.78, 5) is 37.3. The van der Waals surface area contributed by atoms with Crippen molar-refractivity contribution in [2.75, 3.05) is 18.5 Å². The zero-order valence-corrected chi connectivity index (χ0v) is 18.6. The Morgan fingerprint density at radius 3 is 2.52 bits per heavy atom. The zero-order chi connectivity index (χ0) is 22.6. The second-order valence-electron chi connectivity index (χ2n) is 8.39. The molecule has 1 aromatic heterocycles. The molecule has 0 spiro atoms. The van der Waals surface area contributed by atoms with Crippen molar-refractivity contribution < 1.29 is 19.1 Å². The SMILES string of the molecule is CC(C)(C)c1ccc(C(=O)NCC(=O)OCC(=O)Nc2sc3c(c2C#N)CCC3)cc1. The molecule has 0 aliphatic heterocycles. The van der Waals surface area contributed by atoms with Gasteiger partial charge in [-0.1, -0.05) is 32.9 Å². The number of hydrogen-bond acceptors (Lipinski definition) is 6. The highest BCUT2D eigenvalue weighted by Crippen LogP contribution is 2.38. The van der Waals surface area contributed by atoms with Crippen LogP contribution in [0.2, 0.25) is 0 Å². The lowest BCUT2D eigenvalue weighted by atomic mass is 9.87. The summed E-state index contributed by atoms with van der Waals surface area (Å²) in [5.41, 5.74) is 3.04. The zero-order valence-electron chi connectivity index (χ0n) is 17.8. The Labute approximate surface area is 185 Å². The smallest absolute Gasteiger partial charge is 0.325 e. The van der Waals surface area contributed by atoms with Crippen LogP contribution >= 0.6 is 11.3 Å². The van der Waals surface area contributed by atoms with Gasteiger partial charge >= 0.3 is 5.97 Å². The maximum absolute atomic E-state index is 12.2. The van der Waals surface area contributed by atoms with Gasteiger partial charge in [0.25, 0.3) is 11.8 Å². The molecule has 2 amide bonds. The van der Waals surface area contributed by atoms with E-state index in [4.69, 9.17) is 4.74 Å². The fraction of sp³-hybridized carbons (Fsp3) is 0.391. The molecule has 1 aliphatic carbocycles. The van der Waals surface area contributed by atoms with Crippen LogP contribution in [0.25, 0.3) is 0 Å². The number of hydrogen-bond donors (Lipinski definition) is 2. The minimum atomic E-state index is -0.719. The number of rotatable bonds is 6. The summed E-state index contributed by atoms with van der Waals surface area (Å²) in [5, 5.41) is 15.0. The number of carbonyl (C=O) groups is 3. The van der Waals surface area contributed by atoms with E-state index in [0.717, 1.165) is 35.3 Å². The van der Waals surface area contributed by atoms with Crippen molar-refractivity contribution in [2.24, 2.45) is 0 Å². The molecular formula is C23H25N3O4S. The third-order valence-corrected chi connectivity index (χ3v) is 6.26. The Balaban J connectivity index is 1.44. The lowest BCUT2D eigenvalue weighted by Gasteiger charge is -2.19. The normalized spacial score (nSPS) is 12.6. The molecule has 8 heteroatoms. The maximum Gasteiger partial charge on any atom is 0.325 e. The number of nitrogens with zero attached hydrogens (tertiary/aromatic N) is 1. The number of fused-ring (bicyclic) bond motifs is 1. The van der Waals surface area contributed by atoms with Crippen molar-refractivity contribution in [3.8, 4) is 6.07 Å². The number of anilines is 1. The van der Waals surface area contributed by atoms with E-state index in [1.54, 1.807) is 12.1 Å². The Bertz CT molecular complexity index is 1040. The van der Waals surface area contributed by atoms with Crippen LogP contribution in [0.1, 0.15) is 59.1 Å². The molecule has 2 aromatic rings. The maximum atomic E-state index is 12.2. The highest BCUT2D eigenvalue weighted by Gasteiger charge is 2.23. The molecule has 162 valence electrons. The lowest BCUT2D eigenvalue weighted by Crippen LogP contribution is -2.32. The fourth-order valence-electron chi connectivity index (χ4n) is 3.35. The minimum absolute atomic E-state index is 0.0173. The molecule has 1 heterocycles. The van der Waals surface area contributed by atoms with Crippen molar-refractivity contribution >= 4 is 34.1 Å². The number of nitrogens with one attached hydrogen (secondary N) is 2. The Morgan fingerprint density at radius 2 is 1.87 bits per heavy atom. The van der Waals surface area contributed by atoms with E-state index in [1.165, 1.54) is 11.3 Å². The summed E-state index contributed by atoms with van der Waals surface area (Å²) < 4.78 is 4.93. The number of thiophene rings is 1. The Kier molecular flexibility index (Phi) is 6.76. The molecule has 0 saturated carbocycles. The Hall–Kier alpha value is -3.18. The van der Waals surface area contributed by atoms with Gasteiger partial charge in [0, 0.05) is 10.4 Å². The van der Waals surface area contributed by atoms with E-state index in [0.29, 0.717) is 16.1 Å². The standard InChI is InChI=1S/C23H25N3O4S/c1-23(2,3)15-9-7-14(8-10-15)21(29)25-12-20(28)30-13-19(27)26-22-17(11-24)16-5-4-6-18(16)31-22/h7-10H,4-6,12-13H2,1-3H3,(H,25,29)(H,26,27). The van der Waals surface area contributed by atoms with Crippen LogP contribution < -0.4 is 10.6 Å². The van der Waals surface area contributed by atoms with E-state index in [2.05, 4.69) is 37.5 Å². The number of esters is 1. The van der Waals surface area contributed by atoms with E-state index >= 15 is 0 Å². The number of carbonyl (C=O) groups excluding carboxylic acids is 3. The summed E-state index contributed by atoms with van der Waals surface area (Å²) in [6, 6.07) is 9.33. The number of nitriles is 1. The van der Waals surface area contributed by atoms with Crippen LogP contribution in [0.3, 0.4) is 0 Å². The third-order valence-electron chi connectivity index (χ3n) is 5.06. The third kappa shape index (κ3) is 5.50. The average molecular weight is 440 g/mol. The minimum Gasteiger partial charge on any atom is -0.454 e. The Morgan fingerprint density at radius 1 is 1.16 bits per heavy atom. The molecule has 1 aromatic carbocycles. The molecule has 7 nitrogen and oxygen atoms in total. The van der Waals surface area contributed by atoms with E-state index < -0.39 is 24.4 Å².